The largest absolute Gasteiger partial charge is 0.497 e. The van der Waals surface area contributed by atoms with Gasteiger partial charge in [-0.15, -0.1) is 0 Å². The minimum atomic E-state index is -0.246. The van der Waals surface area contributed by atoms with Crippen LogP contribution in [0.3, 0.4) is 0 Å². The first-order valence-corrected chi connectivity index (χ1v) is 9.26. The maximum absolute atomic E-state index is 12.6. The topological polar surface area (TPSA) is 68.8 Å². The molecule has 0 bridgehead atoms. The van der Waals surface area contributed by atoms with Crippen LogP contribution in [0.2, 0.25) is 0 Å². The van der Waals surface area contributed by atoms with E-state index >= 15 is 0 Å². The summed E-state index contributed by atoms with van der Waals surface area (Å²) in [6.07, 6.45) is 0. The molecule has 0 unspecified atom stereocenters. The predicted octanol–water partition coefficient (Wildman–Crippen LogP) is 5.10. The van der Waals surface area contributed by atoms with Gasteiger partial charge in [-0.25, -0.2) is 0 Å². The van der Waals surface area contributed by atoms with Crippen molar-refractivity contribution in [3.63, 3.8) is 0 Å². The third kappa shape index (κ3) is 5.19. The summed E-state index contributed by atoms with van der Waals surface area (Å²) in [6, 6.07) is 20.3. The molecule has 0 spiro atoms. The van der Waals surface area contributed by atoms with Crippen molar-refractivity contribution in [3.05, 3.63) is 72.3 Å². The van der Waals surface area contributed by atoms with Crippen LogP contribution in [0.4, 0.5) is 17.1 Å². The summed E-state index contributed by atoms with van der Waals surface area (Å²) >= 11 is 0. The monoisotopic (exact) mass is 392 g/mol. The van der Waals surface area contributed by atoms with Gasteiger partial charge in [-0.2, -0.15) is 0 Å². The van der Waals surface area contributed by atoms with Crippen LogP contribution >= 0.6 is 0 Å². The van der Waals surface area contributed by atoms with E-state index in [1.54, 1.807) is 32.4 Å². The fourth-order valence-electron chi connectivity index (χ4n) is 2.79. The molecule has 1 amide bonds. The molecular weight excluding hydrogens is 368 g/mol. The first-order valence-electron chi connectivity index (χ1n) is 9.26. The fraction of sp³-hybridized carbons (Fsp3) is 0.174. The standard InChI is InChI=1S/C23H24N2O4/c1-4-29-22-8-6-5-7-21(22)24-17-9-11-18(12-10-17)25-23(26)16-13-19(27-2)15-20(14-16)28-3/h5-15,24H,4H2,1-3H3,(H,25,26). The molecule has 0 aliphatic carbocycles. The smallest absolute Gasteiger partial charge is 0.255 e. The van der Waals surface area contributed by atoms with Crippen LogP contribution in [0.1, 0.15) is 17.3 Å². The maximum atomic E-state index is 12.6. The van der Waals surface area contributed by atoms with Crippen LogP contribution in [-0.4, -0.2) is 26.7 Å². The molecule has 0 aliphatic heterocycles. The van der Waals surface area contributed by atoms with Gasteiger partial charge in [-0.3, -0.25) is 4.79 Å². The van der Waals surface area contributed by atoms with Gasteiger partial charge in [0.1, 0.15) is 17.2 Å². The Morgan fingerprint density at radius 3 is 2.10 bits per heavy atom. The van der Waals surface area contributed by atoms with Crippen LogP contribution in [-0.2, 0) is 0 Å². The summed E-state index contributed by atoms with van der Waals surface area (Å²) in [6.45, 7) is 2.55. The second-order valence-corrected chi connectivity index (χ2v) is 6.19. The van der Waals surface area contributed by atoms with Crippen molar-refractivity contribution in [2.75, 3.05) is 31.5 Å². The minimum absolute atomic E-state index is 0.246. The van der Waals surface area contributed by atoms with Gasteiger partial charge in [-0.1, -0.05) is 12.1 Å². The Kier molecular flexibility index (Phi) is 6.58. The number of rotatable bonds is 8. The Morgan fingerprint density at radius 1 is 0.862 bits per heavy atom. The lowest BCUT2D eigenvalue weighted by atomic mass is 10.1. The van der Waals surface area contributed by atoms with E-state index in [1.165, 1.54) is 0 Å². The van der Waals surface area contributed by atoms with E-state index in [1.807, 2.05) is 55.5 Å². The van der Waals surface area contributed by atoms with Crippen LogP contribution in [0, 0.1) is 0 Å². The Morgan fingerprint density at radius 2 is 1.48 bits per heavy atom. The highest BCUT2D eigenvalue weighted by Gasteiger charge is 2.10. The van der Waals surface area contributed by atoms with Crippen LogP contribution < -0.4 is 24.8 Å². The van der Waals surface area contributed by atoms with E-state index < -0.39 is 0 Å². The molecule has 0 heterocycles. The van der Waals surface area contributed by atoms with Crippen molar-refractivity contribution in [3.8, 4) is 17.2 Å². The lowest BCUT2D eigenvalue weighted by molar-refractivity contribution is 0.102. The molecule has 3 rings (SSSR count). The van der Waals surface area contributed by atoms with Gasteiger partial charge in [0.15, 0.2) is 0 Å². The zero-order valence-corrected chi connectivity index (χ0v) is 16.7. The number of methoxy groups -OCH3 is 2. The summed E-state index contributed by atoms with van der Waals surface area (Å²) < 4.78 is 16.1. The molecule has 3 aromatic carbocycles. The van der Waals surface area contributed by atoms with Crippen molar-refractivity contribution >= 4 is 23.0 Å². The molecular formula is C23H24N2O4. The van der Waals surface area contributed by atoms with E-state index in [-0.39, 0.29) is 5.91 Å². The normalized spacial score (nSPS) is 10.2. The molecule has 0 radical (unpaired) electrons. The Bertz CT molecular complexity index is 949. The van der Waals surface area contributed by atoms with Gasteiger partial charge in [0.2, 0.25) is 0 Å². The first kappa shape index (κ1) is 20.1. The summed E-state index contributed by atoms with van der Waals surface area (Å²) in [4.78, 5) is 12.6. The third-order valence-corrected chi connectivity index (χ3v) is 4.22. The molecule has 0 fully saturated rings. The number of carbonyl (C=O) groups is 1. The average molecular weight is 392 g/mol. The summed E-state index contributed by atoms with van der Waals surface area (Å²) in [7, 11) is 3.10. The molecule has 29 heavy (non-hydrogen) atoms. The highest BCUT2D eigenvalue weighted by Crippen LogP contribution is 2.28. The molecule has 0 aromatic heterocycles. The molecule has 0 aliphatic rings. The zero-order chi connectivity index (χ0) is 20.6. The summed E-state index contributed by atoms with van der Waals surface area (Å²) in [5, 5.41) is 6.21. The number of ether oxygens (including phenoxy) is 3. The number of carbonyl (C=O) groups excluding carboxylic acids is 1. The lowest BCUT2D eigenvalue weighted by Gasteiger charge is -2.13. The number of para-hydroxylation sites is 2. The Balaban J connectivity index is 1.70. The summed E-state index contributed by atoms with van der Waals surface area (Å²) in [5.41, 5.74) is 2.90. The van der Waals surface area contributed by atoms with E-state index in [2.05, 4.69) is 10.6 Å². The lowest BCUT2D eigenvalue weighted by Crippen LogP contribution is -2.12. The van der Waals surface area contributed by atoms with Crippen molar-refractivity contribution in [2.45, 2.75) is 6.92 Å². The molecule has 3 aromatic rings. The van der Waals surface area contributed by atoms with E-state index in [4.69, 9.17) is 14.2 Å². The average Bonchev–Trinajstić information content (AvgIpc) is 2.76. The van der Waals surface area contributed by atoms with Crippen molar-refractivity contribution in [2.24, 2.45) is 0 Å². The molecule has 6 heteroatoms. The van der Waals surface area contributed by atoms with Crippen molar-refractivity contribution in [1.29, 1.82) is 0 Å². The predicted molar refractivity (Wildman–Crippen MR) is 115 cm³/mol. The van der Waals surface area contributed by atoms with Crippen molar-refractivity contribution in [1.82, 2.24) is 0 Å². The second kappa shape index (κ2) is 9.50. The summed E-state index contributed by atoms with van der Waals surface area (Å²) in [5.74, 6) is 1.66. The quantitative estimate of drug-likeness (QED) is 0.558. The van der Waals surface area contributed by atoms with Crippen molar-refractivity contribution < 1.29 is 19.0 Å². The zero-order valence-electron chi connectivity index (χ0n) is 16.7. The van der Waals surface area contributed by atoms with E-state index in [9.17, 15) is 4.79 Å². The third-order valence-electron chi connectivity index (χ3n) is 4.22. The number of benzene rings is 3. The minimum Gasteiger partial charge on any atom is -0.497 e. The van der Waals surface area contributed by atoms with Gasteiger partial charge < -0.3 is 24.8 Å². The molecule has 2 N–H and O–H groups in total. The molecule has 0 saturated heterocycles. The second-order valence-electron chi connectivity index (χ2n) is 6.19. The van der Waals surface area contributed by atoms with E-state index in [0.717, 1.165) is 17.1 Å². The number of amides is 1. The van der Waals surface area contributed by atoms with Gasteiger partial charge in [0.05, 0.1) is 26.5 Å². The Hall–Kier alpha value is -3.67. The number of hydrogen-bond acceptors (Lipinski definition) is 5. The Labute approximate surface area is 170 Å². The first-order chi connectivity index (χ1) is 14.1. The highest BCUT2D eigenvalue weighted by atomic mass is 16.5. The van der Waals surface area contributed by atoms with Crippen LogP contribution in [0.5, 0.6) is 17.2 Å². The number of anilines is 3. The molecule has 0 atom stereocenters. The fourth-order valence-corrected chi connectivity index (χ4v) is 2.79. The SMILES string of the molecule is CCOc1ccccc1Nc1ccc(NC(=O)c2cc(OC)cc(OC)c2)cc1. The van der Waals surface area contributed by atoms with E-state index in [0.29, 0.717) is 29.4 Å². The van der Waals surface area contributed by atoms with Crippen LogP contribution in [0.15, 0.2) is 66.7 Å². The van der Waals surface area contributed by atoms with Gasteiger partial charge in [0.25, 0.3) is 5.91 Å². The number of hydrogen-bond donors (Lipinski definition) is 2. The molecule has 6 nitrogen and oxygen atoms in total. The maximum Gasteiger partial charge on any atom is 0.255 e. The van der Waals surface area contributed by atoms with Crippen LogP contribution in [0.25, 0.3) is 0 Å². The highest BCUT2D eigenvalue weighted by molar-refractivity contribution is 6.04. The molecule has 0 saturated carbocycles. The number of nitrogens with one attached hydrogen (secondary N) is 2. The van der Waals surface area contributed by atoms with Gasteiger partial charge in [0, 0.05) is 23.0 Å². The van der Waals surface area contributed by atoms with Gasteiger partial charge in [-0.05, 0) is 55.5 Å². The van der Waals surface area contributed by atoms with Gasteiger partial charge >= 0.3 is 0 Å². The molecule has 150 valence electrons.